The van der Waals surface area contributed by atoms with Crippen molar-refractivity contribution in [2.45, 2.75) is 0 Å². The molecule has 0 aliphatic carbocycles. The molecule has 2 heterocycles. The fourth-order valence-corrected chi connectivity index (χ4v) is 1.99. The molecular formula is C11H5Cl2FN4. The van der Waals surface area contributed by atoms with Crippen LogP contribution in [0.25, 0.3) is 16.7 Å². The highest BCUT2D eigenvalue weighted by Crippen LogP contribution is 2.22. The van der Waals surface area contributed by atoms with Gasteiger partial charge in [-0.3, -0.25) is 0 Å². The number of hydrogen-bond donors (Lipinski definition) is 0. The number of benzene rings is 1. The Balaban J connectivity index is 2.19. The van der Waals surface area contributed by atoms with Crippen molar-refractivity contribution in [3.63, 3.8) is 0 Å². The van der Waals surface area contributed by atoms with Crippen molar-refractivity contribution in [3.05, 3.63) is 46.7 Å². The van der Waals surface area contributed by atoms with Crippen molar-refractivity contribution in [1.29, 1.82) is 0 Å². The number of nitrogens with zero attached hydrogens (tertiary/aromatic N) is 4. The van der Waals surface area contributed by atoms with Crippen LogP contribution in [0.1, 0.15) is 0 Å². The van der Waals surface area contributed by atoms with E-state index in [0.29, 0.717) is 16.7 Å². The lowest BCUT2D eigenvalue weighted by Gasteiger charge is -1.98. The maximum atomic E-state index is 12.8. The average molecular weight is 283 g/mol. The van der Waals surface area contributed by atoms with Gasteiger partial charge in [0.15, 0.2) is 5.65 Å². The van der Waals surface area contributed by atoms with Gasteiger partial charge in [-0.15, -0.1) is 5.10 Å². The smallest absolute Gasteiger partial charge is 0.225 e. The number of halogens is 3. The Morgan fingerprint density at radius 3 is 2.50 bits per heavy atom. The van der Waals surface area contributed by atoms with Gasteiger partial charge in [-0.2, -0.15) is 4.98 Å². The first-order valence-corrected chi connectivity index (χ1v) is 5.73. The molecule has 7 heteroatoms. The van der Waals surface area contributed by atoms with Gasteiger partial charge < -0.3 is 0 Å². The minimum absolute atomic E-state index is 0.0388. The topological polar surface area (TPSA) is 43.6 Å². The van der Waals surface area contributed by atoms with Gasteiger partial charge >= 0.3 is 0 Å². The van der Waals surface area contributed by atoms with Gasteiger partial charge in [0, 0.05) is 6.20 Å². The molecule has 0 saturated heterocycles. The second-order valence-electron chi connectivity index (χ2n) is 3.57. The average Bonchev–Trinajstić information content (AvgIpc) is 2.74. The van der Waals surface area contributed by atoms with Gasteiger partial charge in [0.05, 0.1) is 11.1 Å². The maximum Gasteiger partial charge on any atom is 0.225 e. The molecule has 0 bridgehead atoms. The summed E-state index contributed by atoms with van der Waals surface area (Å²) in [5.74, 6) is -0.309. The van der Waals surface area contributed by atoms with Crippen LogP contribution in [0, 0.1) is 5.82 Å². The number of fused-ring (bicyclic) bond motifs is 1. The summed E-state index contributed by atoms with van der Waals surface area (Å²) < 4.78 is 14.4. The summed E-state index contributed by atoms with van der Waals surface area (Å²) in [6.07, 6.45) is 1.67. The van der Waals surface area contributed by atoms with Crippen LogP contribution in [-0.2, 0) is 0 Å². The largest absolute Gasteiger partial charge is 0.238 e. The fourth-order valence-electron chi connectivity index (χ4n) is 1.57. The van der Waals surface area contributed by atoms with E-state index in [1.54, 1.807) is 23.0 Å². The Kier molecular flexibility index (Phi) is 2.65. The second-order valence-corrected chi connectivity index (χ2v) is 4.27. The molecule has 2 aromatic heterocycles. The lowest BCUT2D eigenvalue weighted by atomic mass is 10.3. The molecule has 0 saturated carbocycles. The molecule has 0 fully saturated rings. The van der Waals surface area contributed by atoms with Gasteiger partial charge in [-0.25, -0.2) is 14.1 Å². The zero-order valence-corrected chi connectivity index (χ0v) is 10.3. The predicted octanol–water partition coefficient (Wildman–Crippen LogP) is 3.26. The fraction of sp³-hybridized carbons (Fsp3) is 0. The van der Waals surface area contributed by atoms with E-state index in [-0.39, 0.29) is 16.3 Å². The van der Waals surface area contributed by atoms with Crippen LogP contribution < -0.4 is 0 Å². The summed E-state index contributed by atoms with van der Waals surface area (Å²) in [6, 6.07) is 5.90. The Bertz CT molecular complexity index is 724. The van der Waals surface area contributed by atoms with Crippen molar-refractivity contribution in [3.8, 4) is 5.69 Å². The molecule has 0 atom stereocenters. The van der Waals surface area contributed by atoms with Crippen molar-refractivity contribution in [2.24, 2.45) is 0 Å². The van der Waals surface area contributed by atoms with E-state index in [1.807, 2.05) is 0 Å². The first-order chi connectivity index (χ1) is 8.63. The highest BCUT2D eigenvalue weighted by molar-refractivity contribution is 6.35. The van der Waals surface area contributed by atoms with Crippen molar-refractivity contribution < 1.29 is 4.39 Å². The molecular weight excluding hydrogens is 278 g/mol. The Hall–Kier alpha value is -1.72. The minimum atomic E-state index is -0.309. The molecule has 0 spiro atoms. The Labute approximate surface area is 111 Å². The quantitative estimate of drug-likeness (QED) is 0.508. The third-order valence-corrected chi connectivity index (χ3v) is 2.85. The molecule has 1 aromatic carbocycles. The maximum absolute atomic E-state index is 12.8. The van der Waals surface area contributed by atoms with E-state index >= 15 is 0 Å². The van der Waals surface area contributed by atoms with E-state index in [4.69, 9.17) is 23.2 Å². The van der Waals surface area contributed by atoms with E-state index < -0.39 is 0 Å². The summed E-state index contributed by atoms with van der Waals surface area (Å²) in [7, 11) is 0. The molecule has 3 aromatic rings. The molecule has 0 radical (unpaired) electrons. The molecule has 3 rings (SSSR count). The molecule has 0 N–H and O–H groups in total. The first-order valence-electron chi connectivity index (χ1n) is 4.98. The minimum Gasteiger partial charge on any atom is -0.238 e. The Morgan fingerprint density at radius 2 is 1.78 bits per heavy atom. The third kappa shape index (κ3) is 1.91. The van der Waals surface area contributed by atoms with Crippen LogP contribution in [0.4, 0.5) is 4.39 Å². The molecule has 90 valence electrons. The van der Waals surface area contributed by atoms with Crippen LogP contribution in [0.2, 0.25) is 10.4 Å². The summed E-state index contributed by atoms with van der Waals surface area (Å²) in [5, 5.41) is 5.07. The third-order valence-electron chi connectivity index (χ3n) is 2.40. The number of aromatic nitrogens is 4. The summed E-state index contributed by atoms with van der Waals surface area (Å²) >= 11 is 11.6. The van der Waals surface area contributed by atoms with Gasteiger partial charge in [-0.05, 0) is 35.9 Å². The lowest BCUT2D eigenvalue weighted by molar-refractivity contribution is 0.627. The zero-order valence-electron chi connectivity index (χ0n) is 8.81. The van der Waals surface area contributed by atoms with Crippen molar-refractivity contribution in [2.75, 3.05) is 0 Å². The molecule has 18 heavy (non-hydrogen) atoms. The van der Waals surface area contributed by atoms with Gasteiger partial charge in [-0.1, -0.05) is 11.6 Å². The molecule has 4 nitrogen and oxygen atoms in total. The molecule has 0 aliphatic rings. The second kappa shape index (κ2) is 4.19. The van der Waals surface area contributed by atoms with Crippen LogP contribution >= 0.6 is 23.2 Å². The molecule has 0 unspecified atom stereocenters. The predicted molar refractivity (Wildman–Crippen MR) is 66.6 cm³/mol. The van der Waals surface area contributed by atoms with Crippen LogP contribution in [0.5, 0.6) is 0 Å². The van der Waals surface area contributed by atoms with Crippen LogP contribution in [0.3, 0.4) is 0 Å². The monoisotopic (exact) mass is 282 g/mol. The number of rotatable bonds is 1. The summed E-state index contributed by atoms with van der Waals surface area (Å²) in [4.78, 5) is 7.79. The van der Waals surface area contributed by atoms with E-state index in [9.17, 15) is 4.39 Å². The van der Waals surface area contributed by atoms with Crippen LogP contribution in [0.15, 0.2) is 30.5 Å². The summed E-state index contributed by atoms with van der Waals surface area (Å²) in [5.41, 5.74) is 1.09. The molecule has 0 aliphatic heterocycles. The van der Waals surface area contributed by atoms with Gasteiger partial charge in [0.25, 0.3) is 0 Å². The van der Waals surface area contributed by atoms with Gasteiger partial charge in [0.2, 0.25) is 5.28 Å². The standard InChI is InChI=1S/C11H5Cl2FN4/c12-9-8-5-18(7-3-1-6(14)2-4-7)17-10(8)16-11(13)15-9/h1-5H. The van der Waals surface area contributed by atoms with E-state index in [2.05, 4.69) is 15.1 Å². The molecule has 0 amide bonds. The normalized spacial score (nSPS) is 11.1. The number of hydrogen-bond acceptors (Lipinski definition) is 3. The SMILES string of the molecule is Fc1ccc(-n2cc3c(Cl)nc(Cl)nc3n2)cc1. The van der Waals surface area contributed by atoms with Crippen molar-refractivity contribution >= 4 is 34.2 Å². The van der Waals surface area contributed by atoms with E-state index in [0.717, 1.165) is 0 Å². The highest BCUT2D eigenvalue weighted by atomic mass is 35.5. The summed E-state index contributed by atoms with van der Waals surface area (Å²) in [6.45, 7) is 0. The van der Waals surface area contributed by atoms with E-state index in [1.165, 1.54) is 12.1 Å². The first kappa shape index (κ1) is 11.4. The highest BCUT2D eigenvalue weighted by Gasteiger charge is 2.10. The zero-order chi connectivity index (χ0) is 12.7. The lowest BCUT2D eigenvalue weighted by Crippen LogP contribution is -1.94. The van der Waals surface area contributed by atoms with Gasteiger partial charge in [0.1, 0.15) is 11.0 Å². The Morgan fingerprint density at radius 1 is 1.06 bits per heavy atom. The van der Waals surface area contributed by atoms with Crippen LogP contribution in [-0.4, -0.2) is 19.7 Å². The van der Waals surface area contributed by atoms with Crippen molar-refractivity contribution in [1.82, 2.24) is 19.7 Å².